The van der Waals surface area contributed by atoms with Crippen molar-refractivity contribution in [1.82, 2.24) is 9.97 Å². The van der Waals surface area contributed by atoms with Crippen LogP contribution in [0.4, 0.5) is 17.5 Å². The van der Waals surface area contributed by atoms with Gasteiger partial charge in [0.2, 0.25) is 5.95 Å². The number of nitrogen functional groups attached to an aromatic ring is 1. The van der Waals surface area contributed by atoms with E-state index in [2.05, 4.69) is 27.4 Å². The quantitative estimate of drug-likeness (QED) is 0.685. The summed E-state index contributed by atoms with van der Waals surface area (Å²) >= 11 is 7.58. The molecule has 2 aromatic carbocycles. The average molecular weight is 329 g/mol. The van der Waals surface area contributed by atoms with Gasteiger partial charge in [-0.2, -0.15) is 4.98 Å². The van der Waals surface area contributed by atoms with Crippen LogP contribution in [-0.4, -0.2) is 9.97 Å². The number of rotatable bonds is 4. The lowest BCUT2D eigenvalue weighted by atomic mass is 10.3. The van der Waals surface area contributed by atoms with Crippen LogP contribution in [0.15, 0.2) is 70.5 Å². The van der Waals surface area contributed by atoms with E-state index in [1.165, 1.54) is 0 Å². The molecule has 0 aliphatic heterocycles. The fraction of sp³-hybridized carbons (Fsp3) is 0. The molecule has 0 atom stereocenters. The zero-order chi connectivity index (χ0) is 15.4. The molecule has 0 aliphatic carbocycles. The second-order valence-electron chi connectivity index (χ2n) is 4.47. The van der Waals surface area contributed by atoms with Gasteiger partial charge >= 0.3 is 0 Å². The number of nitrogens with one attached hydrogen (secondary N) is 1. The van der Waals surface area contributed by atoms with Gasteiger partial charge < -0.3 is 11.1 Å². The number of hydrogen-bond donors (Lipinski definition) is 2. The first kappa shape index (κ1) is 14.7. The number of nitrogens with two attached hydrogens (primary N) is 1. The summed E-state index contributed by atoms with van der Waals surface area (Å²) < 4.78 is 0. The molecule has 0 amide bonds. The lowest BCUT2D eigenvalue weighted by Gasteiger charge is -2.11. The van der Waals surface area contributed by atoms with Crippen LogP contribution < -0.4 is 11.1 Å². The minimum absolute atomic E-state index is 0.142. The van der Waals surface area contributed by atoms with E-state index in [-0.39, 0.29) is 5.95 Å². The van der Waals surface area contributed by atoms with E-state index in [1.54, 1.807) is 17.8 Å². The van der Waals surface area contributed by atoms with E-state index in [0.29, 0.717) is 11.0 Å². The van der Waals surface area contributed by atoms with Crippen LogP contribution in [-0.2, 0) is 0 Å². The molecule has 22 heavy (non-hydrogen) atoms. The van der Waals surface area contributed by atoms with Crippen molar-refractivity contribution in [3.8, 4) is 0 Å². The van der Waals surface area contributed by atoms with Gasteiger partial charge in [0.1, 0.15) is 11.0 Å². The molecule has 0 bridgehead atoms. The second kappa shape index (κ2) is 6.68. The predicted octanol–water partition coefficient (Wildman–Crippen LogP) is 4.61. The Bertz CT molecular complexity index is 760. The molecule has 0 unspecified atom stereocenters. The number of halogens is 1. The number of para-hydroxylation sites is 1. The SMILES string of the molecule is Nc1nc(Cl)cc(Nc2ccccc2Sc2ccccc2)n1. The molecule has 3 N–H and O–H groups in total. The fourth-order valence-electron chi connectivity index (χ4n) is 1.91. The van der Waals surface area contributed by atoms with Crippen molar-refractivity contribution in [2.75, 3.05) is 11.1 Å². The van der Waals surface area contributed by atoms with Gasteiger partial charge in [-0.25, -0.2) is 4.98 Å². The molecule has 0 saturated heterocycles. The summed E-state index contributed by atoms with van der Waals surface area (Å²) in [6.45, 7) is 0. The molecule has 3 aromatic rings. The maximum atomic E-state index is 5.91. The van der Waals surface area contributed by atoms with Crippen molar-refractivity contribution in [1.29, 1.82) is 0 Å². The minimum Gasteiger partial charge on any atom is -0.368 e. The third-order valence-corrected chi connectivity index (χ3v) is 4.11. The van der Waals surface area contributed by atoms with Crippen LogP contribution in [0.1, 0.15) is 0 Å². The van der Waals surface area contributed by atoms with Crippen molar-refractivity contribution in [3.05, 3.63) is 65.8 Å². The van der Waals surface area contributed by atoms with Gasteiger partial charge in [-0.05, 0) is 24.3 Å². The van der Waals surface area contributed by atoms with Crippen LogP contribution in [0.3, 0.4) is 0 Å². The van der Waals surface area contributed by atoms with Crippen LogP contribution >= 0.6 is 23.4 Å². The van der Waals surface area contributed by atoms with E-state index in [1.807, 2.05) is 42.5 Å². The zero-order valence-electron chi connectivity index (χ0n) is 11.5. The molecule has 1 heterocycles. The second-order valence-corrected chi connectivity index (χ2v) is 5.97. The van der Waals surface area contributed by atoms with E-state index in [4.69, 9.17) is 17.3 Å². The van der Waals surface area contributed by atoms with E-state index >= 15 is 0 Å². The highest BCUT2D eigenvalue weighted by Gasteiger charge is 2.06. The summed E-state index contributed by atoms with van der Waals surface area (Å²) in [5.74, 6) is 0.710. The highest BCUT2D eigenvalue weighted by Crippen LogP contribution is 2.34. The molecule has 1 aromatic heterocycles. The Kier molecular flexibility index (Phi) is 4.46. The summed E-state index contributed by atoms with van der Waals surface area (Å²) in [4.78, 5) is 10.2. The van der Waals surface area contributed by atoms with E-state index < -0.39 is 0 Å². The van der Waals surface area contributed by atoms with Gasteiger partial charge in [0.15, 0.2) is 0 Å². The highest BCUT2D eigenvalue weighted by molar-refractivity contribution is 7.99. The van der Waals surface area contributed by atoms with E-state index in [9.17, 15) is 0 Å². The molecule has 110 valence electrons. The Hall–Kier alpha value is -2.24. The van der Waals surface area contributed by atoms with Gasteiger partial charge in [0.05, 0.1) is 5.69 Å². The summed E-state index contributed by atoms with van der Waals surface area (Å²) in [6.07, 6.45) is 0. The maximum Gasteiger partial charge on any atom is 0.223 e. The third kappa shape index (κ3) is 3.69. The van der Waals surface area contributed by atoms with Crippen LogP contribution in [0, 0.1) is 0 Å². The van der Waals surface area contributed by atoms with Crippen LogP contribution in [0.5, 0.6) is 0 Å². The standard InChI is InChI=1S/C16H13ClN4S/c17-14-10-15(21-16(18)20-14)19-12-8-4-5-9-13(12)22-11-6-2-1-3-7-11/h1-10H,(H3,18,19,20,21). The van der Waals surface area contributed by atoms with Gasteiger partial charge in [0.25, 0.3) is 0 Å². The molecule has 3 rings (SSSR count). The molecule has 0 fully saturated rings. The number of nitrogens with zero attached hydrogens (tertiary/aromatic N) is 2. The van der Waals surface area contributed by atoms with Crippen LogP contribution in [0.25, 0.3) is 0 Å². The summed E-state index contributed by atoms with van der Waals surface area (Å²) in [5.41, 5.74) is 6.56. The van der Waals surface area contributed by atoms with Crippen molar-refractivity contribution in [2.45, 2.75) is 9.79 Å². The molecular formula is C16H13ClN4S. The zero-order valence-corrected chi connectivity index (χ0v) is 13.1. The lowest BCUT2D eigenvalue weighted by molar-refractivity contribution is 1.18. The third-order valence-electron chi connectivity index (χ3n) is 2.83. The Morgan fingerprint density at radius 3 is 2.45 bits per heavy atom. The topological polar surface area (TPSA) is 63.8 Å². The van der Waals surface area contributed by atoms with Crippen molar-refractivity contribution >= 4 is 40.8 Å². The number of benzene rings is 2. The van der Waals surface area contributed by atoms with Crippen molar-refractivity contribution in [2.24, 2.45) is 0 Å². The first-order valence-electron chi connectivity index (χ1n) is 6.60. The lowest BCUT2D eigenvalue weighted by Crippen LogP contribution is -2.00. The molecular weight excluding hydrogens is 316 g/mol. The first-order valence-corrected chi connectivity index (χ1v) is 7.79. The average Bonchev–Trinajstić information content (AvgIpc) is 2.49. The molecule has 0 aliphatic rings. The predicted molar refractivity (Wildman–Crippen MR) is 91.7 cm³/mol. The number of anilines is 3. The summed E-state index contributed by atoms with van der Waals surface area (Å²) in [5, 5.41) is 3.55. The molecule has 0 saturated carbocycles. The largest absolute Gasteiger partial charge is 0.368 e. The Morgan fingerprint density at radius 1 is 0.955 bits per heavy atom. The van der Waals surface area contributed by atoms with Gasteiger partial charge in [0, 0.05) is 15.9 Å². The van der Waals surface area contributed by atoms with Crippen molar-refractivity contribution < 1.29 is 0 Å². The minimum atomic E-state index is 0.142. The number of hydrogen-bond acceptors (Lipinski definition) is 5. The fourth-order valence-corrected chi connectivity index (χ4v) is 3.02. The molecule has 4 nitrogen and oxygen atoms in total. The van der Waals surface area contributed by atoms with Gasteiger partial charge in [-0.1, -0.05) is 53.7 Å². The summed E-state index contributed by atoms with van der Waals surface area (Å²) in [7, 11) is 0. The molecule has 0 spiro atoms. The monoisotopic (exact) mass is 328 g/mol. The Morgan fingerprint density at radius 2 is 1.68 bits per heavy atom. The molecule has 0 radical (unpaired) electrons. The highest BCUT2D eigenvalue weighted by atomic mass is 35.5. The van der Waals surface area contributed by atoms with Gasteiger partial charge in [-0.3, -0.25) is 0 Å². The maximum absolute atomic E-state index is 5.91. The normalized spacial score (nSPS) is 10.4. The molecule has 6 heteroatoms. The van der Waals surface area contributed by atoms with E-state index in [0.717, 1.165) is 15.5 Å². The van der Waals surface area contributed by atoms with Gasteiger partial charge in [-0.15, -0.1) is 0 Å². The van der Waals surface area contributed by atoms with Crippen molar-refractivity contribution in [3.63, 3.8) is 0 Å². The number of aromatic nitrogens is 2. The smallest absolute Gasteiger partial charge is 0.223 e. The van der Waals surface area contributed by atoms with Crippen LogP contribution in [0.2, 0.25) is 5.15 Å². The Labute approximate surface area is 137 Å². The summed E-state index contributed by atoms with van der Waals surface area (Å²) in [6, 6.07) is 19.8. The first-order chi connectivity index (χ1) is 10.7. The Balaban J connectivity index is 1.88.